The van der Waals surface area contributed by atoms with Crippen molar-refractivity contribution >= 4 is 12.3 Å². The number of fused-ring (bicyclic) bond motifs is 1. The summed E-state index contributed by atoms with van der Waals surface area (Å²) in [7, 11) is 0. The van der Waals surface area contributed by atoms with Crippen molar-refractivity contribution in [2.24, 2.45) is 11.7 Å². The number of aldehydes is 1. The molecule has 0 aromatic heterocycles. The maximum atomic E-state index is 13.1. The Hall–Kier alpha value is -1.75. The fraction of sp³-hybridized carbons (Fsp3) is 0.385. The van der Waals surface area contributed by atoms with Crippen LogP contribution in [0.1, 0.15) is 17.5 Å². The summed E-state index contributed by atoms with van der Waals surface area (Å²) >= 11 is 0. The molecule has 2 atom stereocenters. The molecule has 0 fully saturated rings. The monoisotopic (exact) mass is 251 g/mol. The van der Waals surface area contributed by atoms with Gasteiger partial charge in [-0.1, -0.05) is 6.07 Å². The number of halogens is 1. The van der Waals surface area contributed by atoms with Crippen LogP contribution in [0.25, 0.3) is 0 Å². The number of rotatable bonds is 3. The molecule has 1 aromatic rings. The van der Waals surface area contributed by atoms with Crippen LogP contribution in [0.15, 0.2) is 18.2 Å². The van der Waals surface area contributed by atoms with Crippen molar-refractivity contribution in [1.29, 1.82) is 0 Å². The summed E-state index contributed by atoms with van der Waals surface area (Å²) in [6.45, 7) is 0. The first-order chi connectivity index (χ1) is 8.47. The summed E-state index contributed by atoms with van der Waals surface area (Å²) in [4.78, 5) is 22.1. The molecule has 1 aromatic carbocycles. The summed E-state index contributed by atoms with van der Waals surface area (Å²) in [5.41, 5.74) is 5.50. The van der Waals surface area contributed by atoms with E-state index < -0.39 is 17.4 Å². The highest BCUT2D eigenvalue weighted by atomic mass is 19.1. The molecule has 0 spiro atoms. The highest BCUT2D eigenvalue weighted by Gasteiger charge is 2.43. The van der Waals surface area contributed by atoms with Crippen molar-refractivity contribution in [2.75, 3.05) is 0 Å². The summed E-state index contributed by atoms with van der Waals surface area (Å²) in [6.07, 6.45) is 1.72. The standard InChI is InChI=1S/C13H14FNO3/c14-11-4-2-8-1-3-10(5-9(8)6-11)13(15,7-16)12(17)18/h2,4,6-7,10H,1,3,5,15H2,(H,17,18). The fourth-order valence-electron chi connectivity index (χ4n) is 2.45. The number of hydrogen-bond acceptors (Lipinski definition) is 3. The van der Waals surface area contributed by atoms with Gasteiger partial charge in [0.1, 0.15) is 5.82 Å². The first-order valence-electron chi connectivity index (χ1n) is 5.73. The SMILES string of the molecule is NC(C=O)(C(=O)O)C1CCc2ccc(F)cc2C1. The Kier molecular flexibility index (Phi) is 3.17. The predicted molar refractivity (Wildman–Crippen MR) is 62.5 cm³/mol. The molecule has 18 heavy (non-hydrogen) atoms. The van der Waals surface area contributed by atoms with E-state index in [1.807, 2.05) is 0 Å². The number of carboxylic acid groups (broad SMARTS) is 1. The maximum Gasteiger partial charge on any atom is 0.331 e. The van der Waals surface area contributed by atoms with Crippen molar-refractivity contribution in [1.82, 2.24) is 0 Å². The van der Waals surface area contributed by atoms with Gasteiger partial charge in [-0.2, -0.15) is 0 Å². The highest BCUT2D eigenvalue weighted by molar-refractivity contribution is 5.97. The number of benzene rings is 1. The number of carbonyl (C=O) groups is 2. The third-order valence-electron chi connectivity index (χ3n) is 3.64. The van der Waals surface area contributed by atoms with Crippen LogP contribution in [0.5, 0.6) is 0 Å². The predicted octanol–water partition coefficient (Wildman–Crippen LogP) is 0.912. The molecular formula is C13H14FNO3. The van der Waals surface area contributed by atoms with Crippen LogP contribution in [0.3, 0.4) is 0 Å². The Morgan fingerprint density at radius 3 is 2.83 bits per heavy atom. The second-order valence-electron chi connectivity index (χ2n) is 4.71. The van der Waals surface area contributed by atoms with E-state index in [0.29, 0.717) is 19.3 Å². The molecule has 0 saturated carbocycles. The minimum Gasteiger partial charge on any atom is -0.480 e. The summed E-state index contributed by atoms with van der Waals surface area (Å²) in [6, 6.07) is 4.46. The first-order valence-corrected chi connectivity index (χ1v) is 5.73. The molecule has 0 saturated heterocycles. The molecule has 2 rings (SSSR count). The number of nitrogens with two attached hydrogens (primary N) is 1. The van der Waals surface area contributed by atoms with Crippen LogP contribution in [-0.2, 0) is 22.4 Å². The van der Waals surface area contributed by atoms with E-state index in [2.05, 4.69) is 0 Å². The molecule has 1 aliphatic carbocycles. The lowest BCUT2D eigenvalue weighted by Crippen LogP contribution is -2.57. The molecule has 5 heteroatoms. The molecule has 0 bridgehead atoms. The fourth-order valence-corrected chi connectivity index (χ4v) is 2.45. The zero-order valence-electron chi connectivity index (χ0n) is 9.73. The van der Waals surface area contributed by atoms with Gasteiger partial charge in [0.25, 0.3) is 0 Å². The molecule has 0 amide bonds. The van der Waals surface area contributed by atoms with Crippen molar-refractivity contribution in [3.63, 3.8) is 0 Å². The average Bonchev–Trinajstić information content (AvgIpc) is 2.36. The summed E-state index contributed by atoms with van der Waals surface area (Å²) in [5, 5.41) is 9.06. The molecule has 3 N–H and O–H groups in total. The Labute approximate surface area is 104 Å². The smallest absolute Gasteiger partial charge is 0.331 e. The number of aliphatic carboxylic acids is 1. The third kappa shape index (κ3) is 2.01. The van der Waals surface area contributed by atoms with E-state index in [1.165, 1.54) is 12.1 Å². The lowest BCUT2D eigenvalue weighted by molar-refractivity contribution is -0.147. The van der Waals surface area contributed by atoms with Crippen LogP contribution in [0.4, 0.5) is 4.39 Å². The Morgan fingerprint density at radius 2 is 2.22 bits per heavy atom. The van der Waals surface area contributed by atoms with Gasteiger partial charge in [-0.25, -0.2) is 9.18 Å². The van der Waals surface area contributed by atoms with E-state index >= 15 is 0 Å². The van der Waals surface area contributed by atoms with Crippen LogP contribution in [-0.4, -0.2) is 22.9 Å². The van der Waals surface area contributed by atoms with Crippen molar-refractivity contribution < 1.29 is 19.1 Å². The molecule has 1 aliphatic rings. The Balaban J connectivity index is 2.31. The quantitative estimate of drug-likeness (QED) is 0.618. The van der Waals surface area contributed by atoms with E-state index in [9.17, 15) is 14.0 Å². The lowest BCUT2D eigenvalue weighted by atomic mass is 9.73. The number of carboxylic acids is 1. The summed E-state index contributed by atoms with van der Waals surface area (Å²) in [5.74, 6) is -2.19. The van der Waals surface area contributed by atoms with E-state index in [4.69, 9.17) is 10.8 Å². The van der Waals surface area contributed by atoms with Gasteiger partial charge in [-0.15, -0.1) is 0 Å². The average molecular weight is 251 g/mol. The second kappa shape index (κ2) is 4.49. The maximum absolute atomic E-state index is 13.1. The number of carbonyl (C=O) groups excluding carboxylic acids is 1. The molecule has 0 radical (unpaired) electrons. The van der Waals surface area contributed by atoms with Crippen LogP contribution < -0.4 is 5.73 Å². The van der Waals surface area contributed by atoms with Crippen LogP contribution in [0.2, 0.25) is 0 Å². The highest BCUT2D eigenvalue weighted by Crippen LogP contribution is 2.31. The third-order valence-corrected chi connectivity index (χ3v) is 3.64. The summed E-state index contributed by atoms with van der Waals surface area (Å²) < 4.78 is 13.1. The topological polar surface area (TPSA) is 80.4 Å². The van der Waals surface area contributed by atoms with Gasteiger partial charge in [0.05, 0.1) is 0 Å². The molecule has 96 valence electrons. The zero-order chi connectivity index (χ0) is 13.3. The zero-order valence-corrected chi connectivity index (χ0v) is 9.73. The molecular weight excluding hydrogens is 237 g/mol. The largest absolute Gasteiger partial charge is 0.480 e. The minimum atomic E-state index is -1.88. The molecule has 0 aliphatic heterocycles. The Bertz CT molecular complexity index is 503. The van der Waals surface area contributed by atoms with Crippen molar-refractivity contribution in [3.05, 3.63) is 35.1 Å². The van der Waals surface area contributed by atoms with Gasteiger partial charge < -0.3 is 15.6 Å². The van der Waals surface area contributed by atoms with Gasteiger partial charge in [0.2, 0.25) is 0 Å². The van der Waals surface area contributed by atoms with Gasteiger partial charge >= 0.3 is 5.97 Å². The number of hydrogen-bond donors (Lipinski definition) is 2. The lowest BCUT2D eigenvalue weighted by Gasteiger charge is -2.33. The van der Waals surface area contributed by atoms with Gasteiger partial charge in [-0.05, 0) is 48.4 Å². The first kappa shape index (κ1) is 12.7. The van der Waals surface area contributed by atoms with E-state index in [-0.39, 0.29) is 12.1 Å². The van der Waals surface area contributed by atoms with Crippen LogP contribution >= 0.6 is 0 Å². The van der Waals surface area contributed by atoms with Gasteiger partial charge in [0.15, 0.2) is 11.8 Å². The Morgan fingerprint density at radius 1 is 1.50 bits per heavy atom. The van der Waals surface area contributed by atoms with Crippen molar-refractivity contribution in [2.45, 2.75) is 24.8 Å². The van der Waals surface area contributed by atoms with E-state index in [1.54, 1.807) is 6.07 Å². The van der Waals surface area contributed by atoms with Crippen molar-refractivity contribution in [3.8, 4) is 0 Å². The molecule has 4 nitrogen and oxygen atoms in total. The van der Waals surface area contributed by atoms with Gasteiger partial charge in [0, 0.05) is 0 Å². The number of aryl methyl sites for hydroxylation is 1. The van der Waals surface area contributed by atoms with Crippen LogP contribution in [0, 0.1) is 11.7 Å². The normalized spacial score (nSPS) is 21.8. The van der Waals surface area contributed by atoms with E-state index in [0.717, 1.165) is 11.1 Å². The second-order valence-corrected chi connectivity index (χ2v) is 4.71. The molecule has 0 heterocycles. The molecule has 2 unspecified atom stereocenters. The van der Waals surface area contributed by atoms with Gasteiger partial charge in [-0.3, -0.25) is 0 Å². The minimum absolute atomic E-state index is 0.282.